The summed E-state index contributed by atoms with van der Waals surface area (Å²) in [5.74, 6) is -1.31. The first-order valence-electron chi connectivity index (χ1n) is 5.86. The molecule has 3 N–H and O–H groups in total. The van der Waals surface area contributed by atoms with Crippen LogP contribution in [0.25, 0.3) is 0 Å². The fourth-order valence-corrected chi connectivity index (χ4v) is 2.08. The Bertz CT molecular complexity index is 464. The number of hydrogen-bond acceptors (Lipinski definition) is 3. The zero-order valence-corrected chi connectivity index (χ0v) is 10.2. The average molecular weight is 248 g/mol. The Balaban J connectivity index is 1.96. The Morgan fingerprint density at radius 3 is 2.33 bits per heavy atom. The van der Waals surface area contributed by atoms with Gasteiger partial charge in [0.15, 0.2) is 0 Å². The Kier molecular flexibility index (Phi) is 3.23. The number of anilines is 1. The van der Waals surface area contributed by atoms with Crippen molar-refractivity contribution in [1.82, 2.24) is 0 Å². The van der Waals surface area contributed by atoms with Crippen LogP contribution in [0.3, 0.4) is 0 Å². The lowest BCUT2D eigenvalue weighted by atomic mass is 9.86. The summed E-state index contributed by atoms with van der Waals surface area (Å²) in [6.45, 7) is 3.22. The van der Waals surface area contributed by atoms with E-state index in [1.54, 1.807) is 19.1 Å². The molecule has 1 aliphatic heterocycles. The van der Waals surface area contributed by atoms with Crippen molar-refractivity contribution >= 4 is 17.6 Å². The minimum Gasteiger partial charge on any atom is -0.481 e. The largest absolute Gasteiger partial charge is 0.481 e. The third-order valence-corrected chi connectivity index (χ3v) is 3.52. The number of primary amides is 1. The lowest BCUT2D eigenvalue weighted by molar-refractivity contribution is -0.143. The number of carboxylic acid groups (broad SMARTS) is 1. The third kappa shape index (κ3) is 2.30. The van der Waals surface area contributed by atoms with Crippen LogP contribution in [0.2, 0.25) is 0 Å². The number of carbonyl (C=O) groups excluding carboxylic acids is 1. The molecule has 96 valence electrons. The van der Waals surface area contributed by atoms with Gasteiger partial charge in [0.25, 0.3) is 0 Å². The van der Waals surface area contributed by atoms with E-state index >= 15 is 0 Å². The highest BCUT2D eigenvalue weighted by Crippen LogP contribution is 2.29. The number of carboxylic acids is 1. The molecule has 5 heteroatoms. The van der Waals surface area contributed by atoms with Crippen molar-refractivity contribution in [2.24, 2.45) is 17.6 Å². The molecule has 0 aliphatic carbocycles. The van der Waals surface area contributed by atoms with Gasteiger partial charge in [-0.25, -0.2) is 0 Å². The highest BCUT2D eigenvalue weighted by Gasteiger charge is 2.34. The number of nitrogens with two attached hydrogens (primary N) is 1. The van der Waals surface area contributed by atoms with Crippen molar-refractivity contribution in [3.8, 4) is 0 Å². The van der Waals surface area contributed by atoms with E-state index in [9.17, 15) is 9.59 Å². The quantitative estimate of drug-likeness (QED) is 0.830. The van der Waals surface area contributed by atoms with Crippen LogP contribution in [-0.2, 0) is 4.79 Å². The molecule has 2 rings (SSSR count). The molecule has 1 heterocycles. The zero-order chi connectivity index (χ0) is 13.3. The molecule has 1 fully saturated rings. The van der Waals surface area contributed by atoms with Crippen molar-refractivity contribution in [3.05, 3.63) is 29.8 Å². The lowest BCUT2D eigenvalue weighted by Gasteiger charge is -2.43. The lowest BCUT2D eigenvalue weighted by Crippen LogP contribution is -2.51. The van der Waals surface area contributed by atoms with Crippen LogP contribution < -0.4 is 10.6 Å². The fourth-order valence-electron chi connectivity index (χ4n) is 2.08. The molecular weight excluding hydrogens is 232 g/mol. The summed E-state index contributed by atoms with van der Waals surface area (Å²) in [5.41, 5.74) is 6.64. The smallest absolute Gasteiger partial charge is 0.306 e. The van der Waals surface area contributed by atoms with Gasteiger partial charge in [0.2, 0.25) is 5.91 Å². The van der Waals surface area contributed by atoms with Crippen LogP contribution in [-0.4, -0.2) is 30.1 Å². The summed E-state index contributed by atoms with van der Waals surface area (Å²) < 4.78 is 0. The number of amides is 1. The van der Waals surface area contributed by atoms with Gasteiger partial charge in [0.1, 0.15) is 0 Å². The van der Waals surface area contributed by atoms with Crippen LogP contribution in [0.4, 0.5) is 5.69 Å². The molecule has 1 atom stereocenters. The van der Waals surface area contributed by atoms with Gasteiger partial charge in [0, 0.05) is 30.3 Å². The molecule has 1 aromatic carbocycles. The molecule has 1 unspecified atom stereocenters. The molecule has 5 nitrogen and oxygen atoms in total. The number of carbonyl (C=O) groups is 2. The van der Waals surface area contributed by atoms with E-state index in [2.05, 4.69) is 4.90 Å². The molecule has 1 aliphatic rings. The second-order valence-corrected chi connectivity index (χ2v) is 4.70. The van der Waals surface area contributed by atoms with E-state index in [0.717, 1.165) is 18.8 Å². The molecular formula is C13H16N2O3. The number of rotatable bonds is 4. The number of hydrogen-bond donors (Lipinski definition) is 2. The Labute approximate surface area is 105 Å². The number of benzene rings is 1. The second-order valence-electron chi connectivity index (χ2n) is 4.70. The van der Waals surface area contributed by atoms with Crippen molar-refractivity contribution in [3.63, 3.8) is 0 Å². The van der Waals surface area contributed by atoms with Crippen LogP contribution >= 0.6 is 0 Å². The van der Waals surface area contributed by atoms with Gasteiger partial charge < -0.3 is 15.7 Å². The summed E-state index contributed by atoms with van der Waals surface area (Å²) in [5, 5.41) is 8.90. The van der Waals surface area contributed by atoms with Gasteiger partial charge in [-0.2, -0.15) is 0 Å². The van der Waals surface area contributed by atoms with Crippen LogP contribution in [0.5, 0.6) is 0 Å². The predicted octanol–water partition coefficient (Wildman–Crippen LogP) is 0.942. The maximum absolute atomic E-state index is 10.9. The van der Waals surface area contributed by atoms with Gasteiger partial charge in [-0.1, -0.05) is 6.92 Å². The summed E-state index contributed by atoms with van der Waals surface area (Å²) in [6.07, 6.45) is 0. The second kappa shape index (κ2) is 4.68. The molecule has 1 saturated heterocycles. The van der Waals surface area contributed by atoms with E-state index in [4.69, 9.17) is 10.8 Å². The van der Waals surface area contributed by atoms with Crippen molar-refractivity contribution in [2.45, 2.75) is 6.92 Å². The first-order valence-corrected chi connectivity index (χ1v) is 5.86. The van der Waals surface area contributed by atoms with Gasteiger partial charge in [-0.15, -0.1) is 0 Å². The fraction of sp³-hybridized carbons (Fsp3) is 0.385. The van der Waals surface area contributed by atoms with Gasteiger partial charge >= 0.3 is 5.97 Å². The zero-order valence-electron chi connectivity index (χ0n) is 10.2. The van der Waals surface area contributed by atoms with E-state index in [1.807, 2.05) is 12.1 Å². The third-order valence-electron chi connectivity index (χ3n) is 3.52. The first kappa shape index (κ1) is 12.4. The summed E-state index contributed by atoms with van der Waals surface area (Å²) in [7, 11) is 0. The molecule has 18 heavy (non-hydrogen) atoms. The van der Waals surface area contributed by atoms with E-state index in [-0.39, 0.29) is 11.8 Å². The average Bonchev–Trinajstić information content (AvgIpc) is 2.27. The van der Waals surface area contributed by atoms with E-state index in [1.165, 1.54) is 0 Å². The monoisotopic (exact) mass is 248 g/mol. The first-order chi connectivity index (χ1) is 8.49. The molecule has 0 aromatic heterocycles. The highest BCUT2D eigenvalue weighted by atomic mass is 16.4. The van der Waals surface area contributed by atoms with Crippen LogP contribution in [0.15, 0.2) is 24.3 Å². The maximum atomic E-state index is 10.9. The van der Waals surface area contributed by atoms with Crippen molar-refractivity contribution in [1.29, 1.82) is 0 Å². The predicted molar refractivity (Wildman–Crippen MR) is 67.5 cm³/mol. The molecule has 0 saturated carbocycles. The minimum absolute atomic E-state index is 0.193. The van der Waals surface area contributed by atoms with Crippen molar-refractivity contribution < 1.29 is 14.7 Å². The Morgan fingerprint density at radius 2 is 1.89 bits per heavy atom. The van der Waals surface area contributed by atoms with E-state index < -0.39 is 11.9 Å². The SMILES string of the molecule is CC(C(=O)O)C1CN(c2ccc(C(N)=O)cc2)C1. The Hall–Kier alpha value is -2.04. The molecule has 1 amide bonds. The summed E-state index contributed by atoms with van der Waals surface area (Å²) in [6, 6.07) is 7.04. The molecule has 1 aromatic rings. The summed E-state index contributed by atoms with van der Waals surface area (Å²) >= 11 is 0. The molecule has 0 bridgehead atoms. The van der Waals surface area contributed by atoms with E-state index in [0.29, 0.717) is 5.56 Å². The number of aliphatic carboxylic acids is 1. The van der Waals surface area contributed by atoms with Gasteiger partial charge in [0.05, 0.1) is 5.92 Å². The van der Waals surface area contributed by atoms with Gasteiger partial charge in [-0.3, -0.25) is 9.59 Å². The van der Waals surface area contributed by atoms with Gasteiger partial charge in [-0.05, 0) is 24.3 Å². The highest BCUT2D eigenvalue weighted by molar-refractivity contribution is 5.93. The van der Waals surface area contributed by atoms with Crippen LogP contribution in [0.1, 0.15) is 17.3 Å². The van der Waals surface area contributed by atoms with Crippen molar-refractivity contribution in [2.75, 3.05) is 18.0 Å². The summed E-state index contributed by atoms with van der Waals surface area (Å²) in [4.78, 5) is 23.8. The molecule has 0 spiro atoms. The topological polar surface area (TPSA) is 83.6 Å². The maximum Gasteiger partial charge on any atom is 0.306 e. The minimum atomic E-state index is -0.747. The molecule has 0 radical (unpaired) electrons. The van der Waals surface area contributed by atoms with Crippen LogP contribution in [0, 0.1) is 11.8 Å². The normalized spacial score (nSPS) is 17.1. The Morgan fingerprint density at radius 1 is 1.33 bits per heavy atom. The standard InChI is InChI=1S/C13H16N2O3/c1-8(13(17)18)10-6-15(7-10)11-4-2-9(3-5-11)12(14)16/h2-5,8,10H,6-7H2,1H3,(H2,14,16)(H,17,18). The number of nitrogens with zero attached hydrogens (tertiary/aromatic N) is 1.